The summed E-state index contributed by atoms with van der Waals surface area (Å²) in [5.41, 5.74) is 0. The zero-order valence-electron chi connectivity index (χ0n) is 17.1. The third-order valence-corrected chi connectivity index (χ3v) is 2.70. The van der Waals surface area contributed by atoms with Gasteiger partial charge < -0.3 is 33.7 Å². The van der Waals surface area contributed by atoms with Gasteiger partial charge in [-0.25, -0.2) is 0 Å². The molecule has 0 aromatic carbocycles. The van der Waals surface area contributed by atoms with E-state index in [-0.39, 0.29) is 13.9 Å². The molecular formula is C18H41NO7. The Morgan fingerprint density at radius 2 is 1.04 bits per heavy atom. The van der Waals surface area contributed by atoms with Gasteiger partial charge in [-0.2, -0.15) is 0 Å². The zero-order valence-corrected chi connectivity index (χ0v) is 17.1. The fraction of sp³-hybridized carbons (Fsp3) is 0.944. The first-order chi connectivity index (χ1) is 12.8. The van der Waals surface area contributed by atoms with Crippen LogP contribution in [-0.2, 0) is 33.2 Å². The molecule has 0 aliphatic heterocycles. The third-order valence-electron chi connectivity index (χ3n) is 2.70. The highest BCUT2D eigenvalue weighted by molar-refractivity contribution is 5.77. The fourth-order valence-electron chi connectivity index (χ4n) is 1.54. The molecule has 160 valence electrons. The minimum atomic E-state index is -0.164. The van der Waals surface area contributed by atoms with E-state index >= 15 is 0 Å². The predicted molar refractivity (Wildman–Crippen MR) is 103 cm³/mol. The SMILES string of the molecule is CC.CCOCCOCCNC(=O)COCCOCCOCCOCC.[HH]. The fourth-order valence-corrected chi connectivity index (χ4v) is 1.54. The number of amides is 1. The number of hydrogen-bond donors (Lipinski definition) is 1. The van der Waals surface area contributed by atoms with Crippen LogP contribution in [0.4, 0.5) is 0 Å². The number of ether oxygens (including phenoxy) is 6. The summed E-state index contributed by atoms with van der Waals surface area (Å²) in [5.74, 6) is -0.164. The molecule has 0 heterocycles. The molecule has 0 atom stereocenters. The Morgan fingerprint density at radius 1 is 0.654 bits per heavy atom. The molecule has 8 nitrogen and oxygen atoms in total. The van der Waals surface area contributed by atoms with Crippen LogP contribution in [0, 0.1) is 0 Å². The van der Waals surface area contributed by atoms with E-state index in [0.29, 0.717) is 79.2 Å². The predicted octanol–water partition coefficient (Wildman–Crippen LogP) is 1.51. The minimum Gasteiger partial charge on any atom is -0.379 e. The maximum absolute atomic E-state index is 11.4. The van der Waals surface area contributed by atoms with E-state index in [4.69, 9.17) is 28.4 Å². The Kier molecular flexibility index (Phi) is 27.9. The van der Waals surface area contributed by atoms with Crippen LogP contribution in [-0.4, -0.2) is 91.7 Å². The van der Waals surface area contributed by atoms with Gasteiger partial charge in [0, 0.05) is 21.2 Å². The normalized spacial score (nSPS) is 10.3. The average Bonchev–Trinajstić information content (AvgIpc) is 2.67. The molecule has 0 saturated heterocycles. The van der Waals surface area contributed by atoms with E-state index in [1.807, 2.05) is 27.7 Å². The van der Waals surface area contributed by atoms with Gasteiger partial charge in [0.2, 0.25) is 5.91 Å². The lowest BCUT2D eigenvalue weighted by atomic mass is 10.6. The van der Waals surface area contributed by atoms with Crippen molar-refractivity contribution in [2.45, 2.75) is 27.7 Å². The lowest BCUT2D eigenvalue weighted by molar-refractivity contribution is -0.126. The Balaban J connectivity index is -0.00000185. The van der Waals surface area contributed by atoms with E-state index < -0.39 is 0 Å². The summed E-state index contributed by atoms with van der Waals surface area (Å²) >= 11 is 0. The van der Waals surface area contributed by atoms with Crippen LogP contribution in [0.5, 0.6) is 0 Å². The van der Waals surface area contributed by atoms with E-state index in [9.17, 15) is 4.79 Å². The molecule has 0 bridgehead atoms. The molecule has 8 heteroatoms. The van der Waals surface area contributed by atoms with Crippen LogP contribution < -0.4 is 5.32 Å². The largest absolute Gasteiger partial charge is 0.379 e. The van der Waals surface area contributed by atoms with Crippen LogP contribution >= 0.6 is 0 Å². The van der Waals surface area contributed by atoms with Gasteiger partial charge in [0.15, 0.2) is 0 Å². The van der Waals surface area contributed by atoms with Crippen LogP contribution in [0.3, 0.4) is 0 Å². The van der Waals surface area contributed by atoms with Crippen LogP contribution in [0.15, 0.2) is 0 Å². The molecule has 0 aliphatic rings. The van der Waals surface area contributed by atoms with Gasteiger partial charge in [0.05, 0.1) is 59.5 Å². The molecule has 0 aromatic heterocycles. The van der Waals surface area contributed by atoms with Crippen molar-refractivity contribution in [3.05, 3.63) is 0 Å². The number of carbonyl (C=O) groups excluding carboxylic acids is 1. The van der Waals surface area contributed by atoms with E-state index in [1.165, 1.54) is 0 Å². The summed E-state index contributed by atoms with van der Waals surface area (Å²) in [6.07, 6.45) is 0. The molecule has 0 spiro atoms. The van der Waals surface area contributed by atoms with Crippen LogP contribution in [0.25, 0.3) is 0 Å². The molecule has 0 rings (SSSR count). The first-order valence-electron chi connectivity index (χ1n) is 9.54. The summed E-state index contributed by atoms with van der Waals surface area (Å²) < 4.78 is 31.3. The van der Waals surface area contributed by atoms with Crippen molar-refractivity contribution in [2.75, 3.05) is 85.8 Å². The Labute approximate surface area is 160 Å². The highest BCUT2D eigenvalue weighted by Crippen LogP contribution is 1.83. The van der Waals surface area contributed by atoms with Crippen LogP contribution in [0.2, 0.25) is 0 Å². The van der Waals surface area contributed by atoms with Crippen molar-refractivity contribution in [2.24, 2.45) is 0 Å². The highest BCUT2D eigenvalue weighted by atomic mass is 16.6. The Bertz CT molecular complexity index is 274. The second-order valence-electron chi connectivity index (χ2n) is 4.63. The molecule has 0 fully saturated rings. The number of nitrogens with one attached hydrogen (secondary N) is 1. The maximum atomic E-state index is 11.4. The Morgan fingerprint density at radius 3 is 1.50 bits per heavy atom. The van der Waals surface area contributed by atoms with Crippen molar-refractivity contribution in [1.29, 1.82) is 0 Å². The van der Waals surface area contributed by atoms with Crippen molar-refractivity contribution >= 4 is 5.91 Å². The van der Waals surface area contributed by atoms with Gasteiger partial charge in [0.25, 0.3) is 0 Å². The number of rotatable bonds is 19. The number of hydrogen-bond acceptors (Lipinski definition) is 7. The molecule has 0 radical (unpaired) electrons. The van der Waals surface area contributed by atoms with E-state index in [0.717, 1.165) is 0 Å². The lowest BCUT2D eigenvalue weighted by Gasteiger charge is -2.08. The van der Waals surface area contributed by atoms with E-state index in [1.54, 1.807) is 0 Å². The van der Waals surface area contributed by atoms with Crippen molar-refractivity contribution in [3.63, 3.8) is 0 Å². The summed E-state index contributed by atoms with van der Waals surface area (Å²) in [4.78, 5) is 11.4. The molecule has 1 N–H and O–H groups in total. The topological polar surface area (TPSA) is 84.5 Å². The minimum absolute atomic E-state index is 0. The van der Waals surface area contributed by atoms with Gasteiger partial charge in [0.1, 0.15) is 6.61 Å². The molecule has 0 aliphatic carbocycles. The Hall–Kier alpha value is -0.770. The monoisotopic (exact) mass is 383 g/mol. The zero-order chi connectivity index (χ0) is 19.7. The second-order valence-corrected chi connectivity index (χ2v) is 4.63. The molecule has 1 amide bonds. The standard InChI is InChI=1S/C16H33NO7.C2H6.H2/c1-3-19-7-9-21-6-5-17-16(18)15-24-14-13-23-12-11-22-10-8-20-4-2;1-2;/h3-15H2,1-2H3,(H,17,18);1-2H3;1H. The smallest absolute Gasteiger partial charge is 0.246 e. The van der Waals surface area contributed by atoms with Crippen molar-refractivity contribution < 1.29 is 34.6 Å². The molecule has 0 aromatic rings. The van der Waals surface area contributed by atoms with E-state index in [2.05, 4.69) is 5.32 Å². The van der Waals surface area contributed by atoms with Gasteiger partial charge >= 0.3 is 0 Å². The summed E-state index contributed by atoms with van der Waals surface area (Å²) in [7, 11) is 0. The summed E-state index contributed by atoms with van der Waals surface area (Å²) in [6.45, 7) is 14.3. The molecule has 26 heavy (non-hydrogen) atoms. The molecule has 0 saturated carbocycles. The lowest BCUT2D eigenvalue weighted by Crippen LogP contribution is -2.31. The highest BCUT2D eigenvalue weighted by Gasteiger charge is 2.00. The third kappa shape index (κ3) is 25.5. The molecule has 0 unspecified atom stereocenters. The summed E-state index contributed by atoms with van der Waals surface area (Å²) in [6, 6.07) is 0. The first kappa shape index (κ1) is 27.4. The maximum Gasteiger partial charge on any atom is 0.246 e. The second kappa shape index (κ2) is 26.5. The average molecular weight is 384 g/mol. The van der Waals surface area contributed by atoms with Gasteiger partial charge in [-0.15, -0.1) is 0 Å². The van der Waals surface area contributed by atoms with Gasteiger partial charge in [-0.05, 0) is 13.8 Å². The summed E-state index contributed by atoms with van der Waals surface area (Å²) in [5, 5.41) is 2.71. The van der Waals surface area contributed by atoms with Crippen LogP contribution in [0.1, 0.15) is 29.1 Å². The van der Waals surface area contributed by atoms with Gasteiger partial charge in [-0.1, -0.05) is 13.8 Å². The first-order valence-corrected chi connectivity index (χ1v) is 9.54. The number of carbonyl (C=O) groups is 1. The quantitative estimate of drug-likeness (QED) is 0.339. The van der Waals surface area contributed by atoms with Gasteiger partial charge in [-0.3, -0.25) is 4.79 Å². The van der Waals surface area contributed by atoms with Crippen molar-refractivity contribution in [1.82, 2.24) is 5.32 Å². The van der Waals surface area contributed by atoms with Crippen molar-refractivity contribution in [3.8, 4) is 0 Å². The molecular weight excluding hydrogens is 342 g/mol.